The molecule has 1 fully saturated rings. The number of hydrogen-bond acceptors (Lipinski definition) is 5. The number of carboxylic acids is 1. The largest absolute Gasteiger partial charge is 0.478 e. The third kappa shape index (κ3) is 4.40. The fourth-order valence-electron chi connectivity index (χ4n) is 4.14. The molecule has 1 aliphatic rings. The van der Waals surface area contributed by atoms with Gasteiger partial charge < -0.3 is 19.7 Å². The van der Waals surface area contributed by atoms with Crippen LogP contribution < -0.4 is 15.6 Å². The van der Waals surface area contributed by atoms with Crippen molar-refractivity contribution in [3.63, 3.8) is 0 Å². The van der Waals surface area contributed by atoms with E-state index in [2.05, 4.69) is 5.32 Å². The summed E-state index contributed by atoms with van der Waals surface area (Å²) in [5, 5.41) is 12.5. The van der Waals surface area contributed by atoms with Gasteiger partial charge in [0, 0.05) is 37.2 Å². The first-order valence-electron chi connectivity index (χ1n) is 10.6. The maximum atomic E-state index is 14.5. The topological polar surface area (TPSA) is 82.8 Å². The molecule has 1 atom stereocenters. The molecule has 0 amide bonds. The average Bonchev–Trinajstić information content (AvgIpc) is 2.76. The van der Waals surface area contributed by atoms with Crippen LogP contribution in [0.3, 0.4) is 0 Å². The summed E-state index contributed by atoms with van der Waals surface area (Å²) < 4.78 is 47.8. The Bertz CT molecular complexity index is 1280. The number of carboxylic acid groups (broad SMARTS) is 1. The van der Waals surface area contributed by atoms with Gasteiger partial charge in [0.25, 0.3) is 5.92 Å². The molecule has 0 spiro atoms. The van der Waals surface area contributed by atoms with Crippen LogP contribution in [0, 0.1) is 12.7 Å². The van der Waals surface area contributed by atoms with Gasteiger partial charge in [-0.15, -0.1) is 0 Å². The van der Waals surface area contributed by atoms with Crippen LogP contribution in [0.4, 0.5) is 24.7 Å². The van der Waals surface area contributed by atoms with Crippen molar-refractivity contribution < 1.29 is 27.5 Å². The number of aromatic carboxylic acids is 1. The lowest BCUT2D eigenvalue weighted by molar-refractivity contribution is -0.0225. The van der Waals surface area contributed by atoms with E-state index in [1.54, 1.807) is 30.0 Å². The Labute approximate surface area is 187 Å². The second-order valence-electron chi connectivity index (χ2n) is 8.29. The number of halogens is 3. The molecule has 0 saturated carbocycles. The molecule has 6 nitrogen and oxygen atoms in total. The minimum atomic E-state index is -2.76. The molecule has 9 heteroatoms. The first-order chi connectivity index (χ1) is 15.6. The van der Waals surface area contributed by atoms with Crippen molar-refractivity contribution >= 4 is 28.5 Å². The van der Waals surface area contributed by atoms with Crippen LogP contribution in [-0.4, -0.2) is 30.1 Å². The molecule has 33 heavy (non-hydrogen) atoms. The highest BCUT2D eigenvalue weighted by atomic mass is 19.3. The van der Waals surface area contributed by atoms with Gasteiger partial charge in [0.1, 0.15) is 11.4 Å². The quantitative estimate of drug-likeness (QED) is 0.534. The first-order valence-corrected chi connectivity index (χ1v) is 10.6. The summed E-state index contributed by atoms with van der Waals surface area (Å²) in [4.78, 5) is 26.2. The number of alkyl halides is 2. The minimum Gasteiger partial charge on any atom is -0.478 e. The van der Waals surface area contributed by atoms with E-state index >= 15 is 0 Å². The van der Waals surface area contributed by atoms with E-state index in [0.29, 0.717) is 11.3 Å². The second kappa shape index (κ2) is 8.46. The predicted molar refractivity (Wildman–Crippen MR) is 119 cm³/mol. The molecule has 1 aromatic heterocycles. The van der Waals surface area contributed by atoms with Crippen LogP contribution >= 0.6 is 0 Å². The minimum absolute atomic E-state index is 0.0264. The van der Waals surface area contributed by atoms with Crippen LogP contribution in [-0.2, 0) is 0 Å². The third-order valence-electron chi connectivity index (χ3n) is 5.97. The first kappa shape index (κ1) is 22.7. The standard InChI is InChI=1S/C24H23F3N2O4/c1-13-20(30)18-12-15(25)11-17(14(2)28-19-6-4-3-5-16(19)23(31)32)21(18)33-22(13)29-9-7-24(26,27)8-10-29/h3-6,11-12,14,28H,7-10H2,1-2H3,(H,31,32). The monoisotopic (exact) mass is 460 g/mol. The van der Waals surface area contributed by atoms with Crippen molar-refractivity contribution in [2.75, 3.05) is 23.3 Å². The summed E-state index contributed by atoms with van der Waals surface area (Å²) in [6.45, 7) is 3.27. The molecule has 2 N–H and O–H groups in total. The normalized spacial score (nSPS) is 16.6. The van der Waals surface area contributed by atoms with Crippen molar-refractivity contribution in [2.45, 2.75) is 38.7 Å². The summed E-state index contributed by atoms with van der Waals surface area (Å²) >= 11 is 0. The number of anilines is 2. The summed E-state index contributed by atoms with van der Waals surface area (Å²) in [7, 11) is 0. The molecule has 0 aliphatic carbocycles. The number of rotatable bonds is 5. The van der Waals surface area contributed by atoms with E-state index in [-0.39, 0.29) is 53.9 Å². The Kier molecular flexibility index (Phi) is 5.82. The van der Waals surface area contributed by atoms with Gasteiger partial charge in [-0.25, -0.2) is 18.0 Å². The number of benzene rings is 2. The highest BCUT2D eigenvalue weighted by Gasteiger charge is 2.35. The van der Waals surface area contributed by atoms with Crippen molar-refractivity contribution in [3.8, 4) is 0 Å². The van der Waals surface area contributed by atoms with E-state index < -0.39 is 29.2 Å². The number of nitrogens with one attached hydrogen (secondary N) is 1. The molecule has 0 bridgehead atoms. The molecule has 4 rings (SSSR count). The van der Waals surface area contributed by atoms with Gasteiger partial charge in [0.05, 0.1) is 22.6 Å². The maximum Gasteiger partial charge on any atom is 0.337 e. The SMILES string of the molecule is Cc1c(N2CCC(F)(F)CC2)oc2c(C(C)Nc3ccccc3C(=O)O)cc(F)cc2c1=O. The lowest BCUT2D eigenvalue weighted by Gasteiger charge is -2.33. The second-order valence-corrected chi connectivity index (χ2v) is 8.29. The van der Waals surface area contributed by atoms with Crippen LogP contribution in [0.2, 0.25) is 0 Å². The molecule has 1 aliphatic heterocycles. The Balaban J connectivity index is 1.80. The molecule has 2 aromatic carbocycles. The molecule has 0 radical (unpaired) electrons. The summed E-state index contributed by atoms with van der Waals surface area (Å²) in [6, 6.07) is 7.95. The van der Waals surface area contributed by atoms with E-state index in [9.17, 15) is 27.9 Å². The van der Waals surface area contributed by atoms with Crippen LogP contribution in [0.15, 0.2) is 45.6 Å². The van der Waals surface area contributed by atoms with Crippen molar-refractivity contribution in [1.29, 1.82) is 0 Å². The predicted octanol–water partition coefficient (Wildman–Crippen LogP) is 5.35. The van der Waals surface area contributed by atoms with Gasteiger partial charge in [0.15, 0.2) is 5.43 Å². The van der Waals surface area contributed by atoms with E-state index in [4.69, 9.17) is 4.42 Å². The fraction of sp³-hybridized carbons (Fsp3) is 0.333. The van der Waals surface area contributed by atoms with Crippen LogP contribution in [0.5, 0.6) is 0 Å². The van der Waals surface area contributed by atoms with Gasteiger partial charge in [-0.1, -0.05) is 12.1 Å². The van der Waals surface area contributed by atoms with E-state index in [0.717, 1.165) is 6.07 Å². The lowest BCUT2D eigenvalue weighted by Crippen LogP contribution is -2.40. The summed E-state index contributed by atoms with van der Waals surface area (Å²) in [5.74, 6) is -4.34. The summed E-state index contributed by atoms with van der Waals surface area (Å²) in [6.07, 6.45) is -0.706. The van der Waals surface area contributed by atoms with Gasteiger partial charge in [-0.3, -0.25) is 4.79 Å². The molecule has 2 heterocycles. The smallest absolute Gasteiger partial charge is 0.337 e. The van der Waals surface area contributed by atoms with Crippen LogP contribution in [0.1, 0.15) is 47.3 Å². The van der Waals surface area contributed by atoms with E-state index in [1.165, 1.54) is 19.1 Å². The van der Waals surface area contributed by atoms with Gasteiger partial charge >= 0.3 is 5.97 Å². The highest BCUT2D eigenvalue weighted by Crippen LogP contribution is 2.35. The number of hydrogen-bond donors (Lipinski definition) is 2. The third-order valence-corrected chi connectivity index (χ3v) is 5.97. The lowest BCUT2D eigenvalue weighted by atomic mass is 10.0. The zero-order chi connectivity index (χ0) is 23.9. The summed E-state index contributed by atoms with van der Waals surface area (Å²) in [5.41, 5.74) is 0.585. The number of fused-ring (bicyclic) bond motifs is 1. The molecule has 174 valence electrons. The number of para-hydroxylation sites is 1. The number of piperidine rings is 1. The Morgan fingerprint density at radius 3 is 2.55 bits per heavy atom. The molecule has 1 unspecified atom stereocenters. The van der Waals surface area contributed by atoms with Gasteiger partial charge in [0.2, 0.25) is 5.88 Å². The molecule has 3 aromatic rings. The Morgan fingerprint density at radius 1 is 1.21 bits per heavy atom. The van der Waals surface area contributed by atoms with Gasteiger partial charge in [-0.05, 0) is 38.1 Å². The van der Waals surface area contributed by atoms with E-state index in [1.807, 2.05) is 0 Å². The number of carbonyl (C=O) groups is 1. The van der Waals surface area contributed by atoms with Crippen molar-refractivity contribution in [2.24, 2.45) is 0 Å². The molecule has 1 saturated heterocycles. The number of nitrogens with zero attached hydrogens (tertiary/aromatic N) is 1. The maximum absolute atomic E-state index is 14.5. The molecular formula is C24H23F3N2O4. The van der Waals surface area contributed by atoms with Crippen molar-refractivity contribution in [1.82, 2.24) is 0 Å². The zero-order valence-corrected chi connectivity index (χ0v) is 18.1. The van der Waals surface area contributed by atoms with Gasteiger partial charge in [-0.2, -0.15) is 0 Å². The zero-order valence-electron chi connectivity index (χ0n) is 18.1. The fourth-order valence-corrected chi connectivity index (χ4v) is 4.14. The Hall–Kier alpha value is -3.49. The average molecular weight is 460 g/mol. The highest BCUT2D eigenvalue weighted by molar-refractivity contribution is 5.94. The van der Waals surface area contributed by atoms with Crippen LogP contribution in [0.25, 0.3) is 11.0 Å². The van der Waals surface area contributed by atoms with Crippen molar-refractivity contribution in [3.05, 3.63) is 69.1 Å². The Morgan fingerprint density at radius 2 is 1.88 bits per heavy atom. The molecular weight excluding hydrogens is 437 g/mol.